The molecule has 4 nitrogen and oxygen atoms in total. The van der Waals surface area contributed by atoms with Gasteiger partial charge in [0.15, 0.2) is 5.82 Å². The normalized spacial score (nSPS) is 11.4. The van der Waals surface area contributed by atoms with Crippen LogP contribution >= 0.6 is 15.9 Å². The van der Waals surface area contributed by atoms with Crippen LogP contribution < -0.4 is 10.5 Å². The zero-order chi connectivity index (χ0) is 15.8. The number of halogens is 4. The van der Waals surface area contributed by atoms with Gasteiger partial charge in [-0.05, 0) is 40.2 Å². The molecule has 0 aromatic heterocycles. The molecule has 112 valence electrons. The summed E-state index contributed by atoms with van der Waals surface area (Å²) in [5, 5.41) is 0. The largest absolute Gasteiger partial charge is 0.398 e. The third-order valence-corrected chi connectivity index (χ3v) is 4.54. The van der Waals surface area contributed by atoms with Crippen molar-refractivity contribution in [2.75, 3.05) is 10.5 Å². The summed E-state index contributed by atoms with van der Waals surface area (Å²) in [5.74, 6) is -2.82. The van der Waals surface area contributed by atoms with Crippen molar-refractivity contribution >= 4 is 37.3 Å². The maximum atomic E-state index is 13.6. The fourth-order valence-electron chi connectivity index (χ4n) is 1.57. The minimum Gasteiger partial charge on any atom is -0.398 e. The number of nitrogens with one attached hydrogen (secondary N) is 1. The van der Waals surface area contributed by atoms with E-state index in [2.05, 4.69) is 15.9 Å². The maximum absolute atomic E-state index is 13.6. The first kappa shape index (κ1) is 15.6. The van der Waals surface area contributed by atoms with Crippen molar-refractivity contribution in [3.05, 3.63) is 52.3 Å². The Balaban J connectivity index is 2.50. The first-order chi connectivity index (χ1) is 9.70. The predicted octanol–water partition coefficient (Wildman–Crippen LogP) is 3.25. The van der Waals surface area contributed by atoms with Crippen LogP contribution in [0.2, 0.25) is 0 Å². The number of nitrogens with two attached hydrogens (primary N) is 1. The van der Waals surface area contributed by atoms with E-state index in [1.165, 1.54) is 0 Å². The third kappa shape index (κ3) is 3.30. The Morgan fingerprint density at radius 3 is 2.33 bits per heavy atom. The van der Waals surface area contributed by atoms with Crippen molar-refractivity contribution in [2.45, 2.75) is 4.90 Å². The van der Waals surface area contributed by atoms with Gasteiger partial charge in [-0.15, -0.1) is 0 Å². The van der Waals surface area contributed by atoms with E-state index in [4.69, 9.17) is 5.73 Å². The van der Waals surface area contributed by atoms with Gasteiger partial charge >= 0.3 is 0 Å². The highest BCUT2D eigenvalue weighted by Gasteiger charge is 2.22. The van der Waals surface area contributed by atoms with Gasteiger partial charge in [-0.2, -0.15) is 0 Å². The fourth-order valence-corrected chi connectivity index (χ4v) is 3.44. The molecule has 0 bridgehead atoms. The highest BCUT2D eigenvalue weighted by Crippen LogP contribution is 2.30. The summed E-state index contributed by atoms with van der Waals surface area (Å²) in [4.78, 5) is -0.543. The van der Waals surface area contributed by atoms with Crippen molar-refractivity contribution < 1.29 is 21.6 Å². The van der Waals surface area contributed by atoms with Gasteiger partial charge in [0.1, 0.15) is 16.5 Å². The number of hydrogen-bond donors (Lipinski definition) is 2. The fraction of sp³-hybridized carbons (Fsp3) is 0. The molecule has 0 unspecified atom stereocenters. The molecule has 2 aromatic rings. The van der Waals surface area contributed by atoms with Crippen LogP contribution in [-0.2, 0) is 10.0 Å². The van der Waals surface area contributed by atoms with Crippen LogP contribution in [-0.4, -0.2) is 8.42 Å². The molecule has 0 spiro atoms. The molecular formula is C12H8BrF3N2O2S. The first-order valence-corrected chi connectivity index (χ1v) is 7.71. The summed E-state index contributed by atoms with van der Waals surface area (Å²) >= 11 is 2.84. The molecule has 9 heteroatoms. The standard InChI is InChI=1S/C12H8BrF3N2O2S/c13-8-3-7(15)4-9(16)12(8)18-21(19,20)11-5-6(14)1-2-10(11)17/h1-5,18H,17H2. The van der Waals surface area contributed by atoms with Gasteiger partial charge in [0.25, 0.3) is 10.0 Å². The average Bonchev–Trinajstić information content (AvgIpc) is 2.36. The number of sulfonamides is 1. The Labute approximate surface area is 127 Å². The minimum absolute atomic E-state index is 0.140. The van der Waals surface area contributed by atoms with E-state index in [0.717, 1.165) is 18.2 Å². The van der Waals surface area contributed by atoms with Crippen LogP contribution in [0, 0.1) is 17.5 Å². The van der Waals surface area contributed by atoms with E-state index < -0.39 is 38.1 Å². The summed E-state index contributed by atoms with van der Waals surface area (Å²) < 4.78 is 65.8. The van der Waals surface area contributed by atoms with Crippen molar-refractivity contribution in [1.82, 2.24) is 0 Å². The van der Waals surface area contributed by atoms with Gasteiger partial charge in [-0.3, -0.25) is 4.72 Å². The van der Waals surface area contributed by atoms with E-state index in [1.54, 1.807) is 0 Å². The molecule has 0 heterocycles. The lowest BCUT2D eigenvalue weighted by Gasteiger charge is -2.12. The van der Waals surface area contributed by atoms with Crippen LogP contribution in [0.15, 0.2) is 39.7 Å². The van der Waals surface area contributed by atoms with Gasteiger partial charge < -0.3 is 5.73 Å². The quantitative estimate of drug-likeness (QED) is 0.802. The molecule has 0 aliphatic heterocycles. The molecule has 0 atom stereocenters. The summed E-state index contributed by atoms with van der Waals surface area (Å²) in [6.07, 6.45) is 0. The maximum Gasteiger partial charge on any atom is 0.264 e. The lowest BCUT2D eigenvalue weighted by atomic mass is 10.3. The highest BCUT2D eigenvalue weighted by atomic mass is 79.9. The molecule has 0 aliphatic carbocycles. The molecule has 0 fully saturated rings. The Bertz CT molecular complexity index is 789. The lowest BCUT2D eigenvalue weighted by molar-refractivity contribution is 0.581. The Kier molecular flexibility index (Phi) is 4.15. The van der Waals surface area contributed by atoms with Crippen LogP contribution in [0.5, 0.6) is 0 Å². The molecule has 0 saturated carbocycles. The molecule has 0 radical (unpaired) electrons. The van der Waals surface area contributed by atoms with Crippen LogP contribution in [0.25, 0.3) is 0 Å². The summed E-state index contributed by atoms with van der Waals surface area (Å²) in [7, 11) is -4.33. The highest BCUT2D eigenvalue weighted by molar-refractivity contribution is 9.10. The molecule has 2 rings (SSSR count). The Hall–Kier alpha value is -1.74. The summed E-state index contributed by atoms with van der Waals surface area (Å²) in [6.45, 7) is 0. The van der Waals surface area contributed by atoms with Gasteiger partial charge in [0.05, 0.1) is 11.4 Å². The molecule has 0 amide bonds. The molecule has 2 aromatic carbocycles. The smallest absolute Gasteiger partial charge is 0.264 e. The predicted molar refractivity (Wildman–Crippen MR) is 75.7 cm³/mol. The number of anilines is 2. The van der Waals surface area contributed by atoms with Crippen LogP contribution in [0.3, 0.4) is 0 Å². The Morgan fingerprint density at radius 1 is 1.05 bits per heavy atom. The van der Waals surface area contributed by atoms with E-state index in [9.17, 15) is 21.6 Å². The van der Waals surface area contributed by atoms with Gasteiger partial charge in [-0.1, -0.05) is 0 Å². The van der Waals surface area contributed by atoms with E-state index in [0.29, 0.717) is 12.1 Å². The molecule has 0 aliphatic rings. The first-order valence-electron chi connectivity index (χ1n) is 5.43. The molecule has 0 saturated heterocycles. The summed E-state index contributed by atoms with van der Waals surface area (Å²) in [5.41, 5.74) is 4.77. The van der Waals surface area contributed by atoms with Gasteiger partial charge in [-0.25, -0.2) is 21.6 Å². The second-order valence-corrected chi connectivity index (χ2v) is 6.54. The van der Waals surface area contributed by atoms with Gasteiger partial charge in [0, 0.05) is 10.5 Å². The third-order valence-electron chi connectivity index (χ3n) is 2.51. The SMILES string of the molecule is Nc1ccc(F)cc1S(=O)(=O)Nc1c(F)cc(F)cc1Br. The minimum atomic E-state index is -4.33. The lowest BCUT2D eigenvalue weighted by Crippen LogP contribution is -2.16. The second-order valence-electron chi connectivity index (χ2n) is 4.03. The second kappa shape index (κ2) is 5.57. The number of benzene rings is 2. The average molecular weight is 381 g/mol. The molecular weight excluding hydrogens is 373 g/mol. The van der Waals surface area contributed by atoms with E-state index >= 15 is 0 Å². The summed E-state index contributed by atoms with van der Waals surface area (Å²) in [6, 6.07) is 4.16. The number of rotatable bonds is 3. The van der Waals surface area contributed by atoms with E-state index in [-0.39, 0.29) is 10.2 Å². The number of hydrogen-bond acceptors (Lipinski definition) is 3. The van der Waals surface area contributed by atoms with Crippen LogP contribution in [0.4, 0.5) is 24.5 Å². The van der Waals surface area contributed by atoms with Crippen LogP contribution in [0.1, 0.15) is 0 Å². The van der Waals surface area contributed by atoms with Crippen molar-refractivity contribution in [3.63, 3.8) is 0 Å². The van der Waals surface area contributed by atoms with Crippen molar-refractivity contribution in [3.8, 4) is 0 Å². The monoisotopic (exact) mass is 380 g/mol. The van der Waals surface area contributed by atoms with Crippen molar-refractivity contribution in [2.24, 2.45) is 0 Å². The van der Waals surface area contributed by atoms with E-state index in [1.807, 2.05) is 4.72 Å². The zero-order valence-corrected chi connectivity index (χ0v) is 12.6. The molecule has 3 N–H and O–H groups in total. The van der Waals surface area contributed by atoms with Crippen molar-refractivity contribution in [1.29, 1.82) is 0 Å². The number of nitrogen functional groups attached to an aromatic ring is 1. The van der Waals surface area contributed by atoms with Gasteiger partial charge in [0.2, 0.25) is 0 Å². The topological polar surface area (TPSA) is 72.2 Å². The Morgan fingerprint density at radius 2 is 1.71 bits per heavy atom. The molecule has 21 heavy (non-hydrogen) atoms. The zero-order valence-electron chi connectivity index (χ0n) is 10.2.